The molecule has 2 fully saturated rings. The van der Waals surface area contributed by atoms with E-state index in [2.05, 4.69) is 9.88 Å². The molecule has 2 saturated heterocycles. The van der Waals surface area contributed by atoms with E-state index in [0.29, 0.717) is 39.2 Å². The van der Waals surface area contributed by atoms with Gasteiger partial charge in [-0.25, -0.2) is 4.98 Å². The predicted molar refractivity (Wildman–Crippen MR) is 89.9 cm³/mol. The van der Waals surface area contributed by atoms with E-state index in [0.717, 1.165) is 19.5 Å². The predicted octanol–water partition coefficient (Wildman–Crippen LogP) is 0.155. The Balaban J connectivity index is 1.54. The molecule has 2 aliphatic rings. The summed E-state index contributed by atoms with van der Waals surface area (Å²) in [6, 6.07) is 0. The van der Waals surface area contributed by atoms with Gasteiger partial charge in [-0.1, -0.05) is 0 Å². The van der Waals surface area contributed by atoms with Crippen LogP contribution in [-0.4, -0.2) is 82.8 Å². The second-order valence-electron chi connectivity index (χ2n) is 7.06. The topological polar surface area (TPSA) is 87.9 Å². The summed E-state index contributed by atoms with van der Waals surface area (Å²) in [5.41, 5.74) is -0.826. The zero-order valence-electron chi connectivity index (χ0n) is 14.6. The Bertz CT molecular complexity index is 606. The van der Waals surface area contributed by atoms with Crippen LogP contribution in [0.15, 0.2) is 18.7 Å². The second kappa shape index (κ2) is 7.53. The number of nitrogens with zero attached hydrogens (tertiary/aromatic N) is 4. The number of carbonyl (C=O) groups excluding carboxylic acids is 1. The van der Waals surface area contributed by atoms with Crippen LogP contribution >= 0.6 is 0 Å². The first-order chi connectivity index (χ1) is 12.0. The molecule has 3 rings (SSSR count). The van der Waals surface area contributed by atoms with Crippen molar-refractivity contribution in [2.45, 2.75) is 19.4 Å². The highest BCUT2D eigenvalue weighted by atomic mass is 16.5. The fraction of sp³-hybridized carbons (Fsp3) is 0.706. The van der Waals surface area contributed by atoms with E-state index in [1.165, 1.54) is 0 Å². The zero-order valence-corrected chi connectivity index (χ0v) is 14.6. The molecule has 25 heavy (non-hydrogen) atoms. The average molecular weight is 350 g/mol. The first-order valence-corrected chi connectivity index (χ1v) is 8.73. The van der Waals surface area contributed by atoms with Crippen molar-refractivity contribution in [3.8, 4) is 0 Å². The van der Waals surface area contributed by atoms with Gasteiger partial charge in [-0.15, -0.1) is 0 Å². The monoisotopic (exact) mass is 350 g/mol. The fourth-order valence-corrected chi connectivity index (χ4v) is 4.04. The van der Waals surface area contributed by atoms with Crippen molar-refractivity contribution >= 4 is 11.9 Å². The van der Waals surface area contributed by atoms with Gasteiger partial charge in [0.15, 0.2) is 0 Å². The number of methoxy groups -OCH3 is 1. The van der Waals surface area contributed by atoms with Gasteiger partial charge in [-0.05, 0) is 6.42 Å². The Morgan fingerprint density at radius 2 is 2.16 bits per heavy atom. The quantitative estimate of drug-likeness (QED) is 0.718. The van der Waals surface area contributed by atoms with Crippen LogP contribution in [0.4, 0.5) is 0 Å². The zero-order chi connectivity index (χ0) is 17.9. The highest BCUT2D eigenvalue weighted by molar-refractivity contribution is 5.81. The Kier molecular flexibility index (Phi) is 5.39. The summed E-state index contributed by atoms with van der Waals surface area (Å²) < 4.78 is 7.04. The third-order valence-corrected chi connectivity index (χ3v) is 5.44. The highest BCUT2D eigenvalue weighted by Crippen LogP contribution is 2.42. The van der Waals surface area contributed by atoms with Crippen molar-refractivity contribution in [1.29, 1.82) is 0 Å². The maximum atomic E-state index is 12.5. The molecule has 8 heteroatoms. The van der Waals surface area contributed by atoms with E-state index in [1.54, 1.807) is 24.5 Å². The molecule has 0 aliphatic carbocycles. The van der Waals surface area contributed by atoms with Crippen molar-refractivity contribution in [2.75, 3.05) is 46.4 Å². The number of hydrogen-bond donors (Lipinski definition) is 1. The molecule has 1 N–H and O–H groups in total. The van der Waals surface area contributed by atoms with Crippen LogP contribution in [0, 0.1) is 11.3 Å². The van der Waals surface area contributed by atoms with Crippen molar-refractivity contribution in [2.24, 2.45) is 11.3 Å². The number of carbonyl (C=O) groups is 2. The Morgan fingerprint density at radius 3 is 2.80 bits per heavy atom. The van der Waals surface area contributed by atoms with E-state index < -0.39 is 11.4 Å². The van der Waals surface area contributed by atoms with E-state index in [4.69, 9.17) is 4.74 Å². The number of rotatable bonds is 8. The van der Waals surface area contributed by atoms with Crippen LogP contribution in [0.2, 0.25) is 0 Å². The SMILES string of the molecule is COCCN1C[C@H]2CN(C(=O)CCCn3ccnc3)C[C@@]2(C(=O)O)C1. The molecule has 0 aromatic carbocycles. The lowest BCUT2D eigenvalue weighted by molar-refractivity contribution is -0.149. The largest absolute Gasteiger partial charge is 0.481 e. The molecule has 0 unspecified atom stereocenters. The van der Waals surface area contributed by atoms with Crippen molar-refractivity contribution in [1.82, 2.24) is 19.4 Å². The molecule has 1 amide bonds. The average Bonchev–Trinajstić information content (AvgIpc) is 3.27. The van der Waals surface area contributed by atoms with Gasteiger partial charge in [0.25, 0.3) is 0 Å². The minimum atomic E-state index is -0.826. The van der Waals surface area contributed by atoms with Crippen LogP contribution in [0.5, 0.6) is 0 Å². The maximum Gasteiger partial charge on any atom is 0.313 e. The summed E-state index contributed by atoms with van der Waals surface area (Å²) in [5.74, 6) is -0.732. The summed E-state index contributed by atoms with van der Waals surface area (Å²) in [7, 11) is 1.65. The first-order valence-electron chi connectivity index (χ1n) is 8.73. The number of aromatic nitrogens is 2. The number of likely N-dealkylation sites (tertiary alicyclic amines) is 2. The summed E-state index contributed by atoms with van der Waals surface area (Å²) in [5, 5.41) is 9.81. The van der Waals surface area contributed by atoms with E-state index in [-0.39, 0.29) is 11.8 Å². The normalized spacial score (nSPS) is 26.1. The number of ether oxygens (including phenoxy) is 1. The van der Waals surface area contributed by atoms with Gasteiger partial charge in [0, 0.05) is 71.1 Å². The smallest absolute Gasteiger partial charge is 0.313 e. The molecule has 2 aliphatic heterocycles. The number of aliphatic carboxylic acids is 1. The van der Waals surface area contributed by atoms with Gasteiger partial charge in [0.2, 0.25) is 5.91 Å². The van der Waals surface area contributed by atoms with E-state index in [1.807, 2.05) is 10.8 Å². The van der Waals surface area contributed by atoms with Gasteiger partial charge >= 0.3 is 5.97 Å². The van der Waals surface area contributed by atoms with Gasteiger partial charge in [0.05, 0.1) is 12.9 Å². The van der Waals surface area contributed by atoms with Crippen LogP contribution in [0.3, 0.4) is 0 Å². The number of aryl methyl sites for hydroxylation is 1. The van der Waals surface area contributed by atoms with E-state index >= 15 is 0 Å². The molecule has 1 aromatic rings. The summed E-state index contributed by atoms with van der Waals surface area (Å²) in [6.45, 7) is 4.15. The van der Waals surface area contributed by atoms with Gasteiger partial charge in [-0.3, -0.25) is 14.5 Å². The molecule has 1 aromatic heterocycles. The summed E-state index contributed by atoms with van der Waals surface area (Å²) in [4.78, 5) is 32.3. The van der Waals surface area contributed by atoms with Crippen molar-refractivity contribution in [3.05, 3.63) is 18.7 Å². The van der Waals surface area contributed by atoms with Crippen LogP contribution in [-0.2, 0) is 20.9 Å². The number of fused-ring (bicyclic) bond motifs is 1. The fourth-order valence-electron chi connectivity index (χ4n) is 4.04. The Morgan fingerprint density at radius 1 is 1.32 bits per heavy atom. The second-order valence-corrected chi connectivity index (χ2v) is 7.06. The van der Waals surface area contributed by atoms with Crippen LogP contribution in [0.25, 0.3) is 0 Å². The Hall–Kier alpha value is -1.93. The van der Waals surface area contributed by atoms with Crippen LogP contribution in [0.1, 0.15) is 12.8 Å². The number of hydrogen-bond acceptors (Lipinski definition) is 5. The van der Waals surface area contributed by atoms with Crippen molar-refractivity contribution < 1.29 is 19.4 Å². The van der Waals surface area contributed by atoms with Gasteiger partial charge in [0.1, 0.15) is 5.41 Å². The third kappa shape index (κ3) is 3.69. The van der Waals surface area contributed by atoms with Gasteiger partial charge in [-0.2, -0.15) is 0 Å². The highest BCUT2D eigenvalue weighted by Gasteiger charge is 2.58. The lowest BCUT2D eigenvalue weighted by atomic mass is 9.81. The van der Waals surface area contributed by atoms with Gasteiger partial charge < -0.3 is 19.3 Å². The number of amides is 1. The molecule has 138 valence electrons. The molecule has 3 heterocycles. The van der Waals surface area contributed by atoms with Crippen molar-refractivity contribution in [3.63, 3.8) is 0 Å². The Labute approximate surface area is 147 Å². The molecule has 0 radical (unpaired) electrons. The lowest BCUT2D eigenvalue weighted by Crippen LogP contribution is -2.42. The maximum absolute atomic E-state index is 12.5. The minimum absolute atomic E-state index is 0.000505. The molecular formula is C17H26N4O4. The van der Waals surface area contributed by atoms with Crippen LogP contribution < -0.4 is 0 Å². The number of imidazole rings is 1. The van der Waals surface area contributed by atoms with E-state index in [9.17, 15) is 14.7 Å². The first kappa shape index (κ1) is 17.9. The lowest BCUT2D eigenvalue weighted by Gasteiger charge is -2.25. The molecule has 0 spiro atoms. The minimum Gasteiger partial charge on any atom is -0.481 e. The molecular weight excluding hydrogens is 324 g/mol. The molecule has 0 bridgehead atoms. The number of carboxylic acid groups (broad SMARTS) is 1. The standard InChI is InChI=1S/C17H26N4O4/c1-25-8-7-20-9-14-10-21(12-17(14,11-20)16(23)24)15(22)3-2-5-19-6-4-18-13-19/h4,6,13-14H,2-3,5,7-12H2,1H3,(H,23,24)/t14-,17-/m0/s1. The molecule has 2 atom stereocenters. The molecule has 0 saturated carbocycles. The summed E-state index contributed by atoms with van der Waals surface area (Å²) >= 11 is 0. The number of carboxylic acids is 1. The summed E-state index contributed by atoms with van der Waals surface area (Å²) in [6.07, 6.45) is 6.50. The third-order valence-electron chi connectivity index (χ3n) is 5.44. The molecule has 8 nitrogen and oxygen atoms in total.